The number of nitroso groups, excluding NO2 is 1. The third kappa shape index (κ3) is 3.54. The van der Waals surface area contributed by atoms with Gasteiger partial charge in [-0.05, 0) is 47.7 Å². The number of amides is 1. The Balaban J connectivity index is 1.36. The summed E-state index contributed by atoms with van der Waals surface area (Å²) in [7, 11) is 0. The largest absolute Gasteiger partial charge is 0.441 e. The number of nitrogens with one attached hydrogen (secondary N) is 2. The molecule has 3 heterocycles. The van der Waals surface area contributed by atoms with Crippen molar-refractivity contribution in [1.82, 2.24) is 15.5 Å². The molecule has 1 saturated heterocycles. The van der Waals surface area contributed by atoms with Crippen LogP contribution in [0.15, 0.2) is 47.9 Å². The number of anilines is 1. The van der Waals surface area contributed by atoms with E-state index in [4.69, 9.17) is 4.74 Å². The summed E-state index contributed by atoms with van der Waals surface area (Å²) in [6, 6.07) is 8.75. The number of ether oxygens (including phenoxy) is 1. The summed E-state index contributed by atoms with van der Waals surface area (Å²) in [5.74, 6) is -0.403. The van der Waals surface area contributed by atoms with Gasteiger partial charge in [0, 0.05) is 30.4 Å². The van der Waals surface area contributed by atoms with E-state index in [1.807, 2.05) is 31.3 Å². The van der Waals surface area contributed by atoms with E-state index in [0.717, 1.165) is 27.8 Å². The van der Waals surface area contributed by atoms with Gasteiger partial charge in [0.2, 0.25) is 0 Å². The van der Waals surface area contributed by atoms with E-state index in [0.29, 0.717) is 30.8 Å². The van der Waals surface area contributed by atoms with Crippen LogP contribution in [0, 0.1) is 17.6 Å². The number of hydrogen-bond acceptors (Lipinski definition) is 6. The second-order valence-electron chi connectivity index (χ2n) is 8.19. The van der Waals surface area contributed by atoms with Crippen molar-refractivity contribution >= 4 is 11.8 Å². The molecule has 32 heavy (non-hydrogen) atoms. The second kappa shape index (κ2) is 8.16. The zero-order chi connectivity index (χ0) is 22.2. The Morgan fingerprint density at radius 2 is 2.19 bits per heavy atom. The zero-order valence-electron chi connectivity index (χ0n) is 17.5. The predicted molar refractivity (Wildman–Crippen MR) is 117 cm³/mol. The summed E-state index contributed by atoms with van der Waals surface area (Å²) >= 11 is 0. The molecular weight excluding hydrogens is 413 g/mol. The fraction of sp³-hybridized carbons (Fsp3) is 0.304. The Bertz CT molecular complexity index is 1180. The molecule has 0 bridgehead atoms. The number of hydrogen-bond donors (Lipinski definition) is 2. The number of rotatable bonds is 7. The number of halogens is 1. The predicted octanol–water partition coefficient (Wildman–Crippen LogP) is 3.83. The lowest BCUT2D eigenvalue weighted by Crippen LogP contribution is -2.34. The topological polar surface area (TPSA) is 99.7 Å². The molecular formula is C23H22FN5O3. The highest BCUT2D eigenvalue weighted by Crippen LogP contribution is 2.42. The van der Waals surface area contributed by atoms with Crippen molar-refractivity contribution in [1.29, 1.82) is 0 Å². The van der Waals surface area contributed by atoms with Crippen molar-refractivity contribution in [2.24, 2.45) is 5.18 Å². The van der Waals surface area contributed by atoms with Gasteiger partial charge in [-0.3, -0.25) is 10.00 Å². The van der Waals surface area contributed by atoms with E-state index in [1.54, 1.807) is 12.3 Å². The third-order valence-electron chi connectivity index (χ3n) is 6.17. The van der Waals surface area contributed by atoms with Crippen LogP contribution >= 0.6 is 0 Å². The maximum atomic E-state index is 15.1. The molecule has 2 N–H and O–H groups in total. The van der Waals surface area contributed by atoms with E-state index in [-0.39, 0.29) is 12.6 Å². The van der Waals surface area contributed by atoms with Crippen LogP contribution in [-0.4, -0.2) is 35.0 Å². The summed E-state index contributed by atoms with van der Waals surface area (Å²) in [5, 5.41) is 13.0. The maximum Gasteiger partial charge on any atom is 0.415 e. The normalized spacial score (nSPS) is 19.1. The highest BCUT2D eigenvalue weighted by atomic mass is 19.1. The molecule has 1 amide bonds. The Hall–Kier alpha value is -3.59. The van der Waals surface area contributed by atoms with E-state index >= 15 is 4.39 Å². The first-order valence-corrected chi connectivity index (χ1v) is 10.4. The van der Waals surface area contributed by atoms with Gasteiger partial charge in [0.25, 0.3) is 0 Å². The number of cyclic esters (lactones) is 1. The number of fused-ring (bicyclic) bond motifs is 3. The molecule has 5 rings (SSSR count). The average molecular weight is 435 g/mol. The van der Waals surface area contributed by atoms with Crippen LogP contribution in [0.4, 0.5) is 14.9 Å². The minimum absolute atomic E-state index is 0.106. The van der Waals surface area contributed by atoms with Crippen molar-refractivity contribution in [3.8, 4) is 11.1 Å². The molecule has 2 aliphatic heterocycles. The molecule has 1 aromatic heterocycles. The number of nitrogens with zero attached hydrogens (tertiary/aromatic N) is 3. The number of aryl methyl sites for hydroxylation is 1. The quantitative estimate of drug-likeness (QED) is 0.550. The van der Waals surface area contributed by atoms with Crippen molar-refractivity contribution in [2.75, 3.05) is 11.4 Å². The van der Waals surface area contributed by atoms with Gasteiger partial charge in [0.05, 0.1) is 17.9 Å². The summed E-state index contributed by atoms with van der Waals surface area (Å²) in [6.45, 7) is 3.30. The minimum Gasteiger partial charge on any atom is -0.441 e. The van der Waals surface area contributed by atoms with Gasteiger partial charge >= 0.3 is 6.09 Å². The molecule has 0 spiro atoms. The standard InChI is InChI=1S/C23H22FN5O3/c1-13-4-15(2-3-16(13)11-25-8-14-9-26-27-10-14)18-5-17-6-21-22(12-28-31)32-23(30)29(21)20(17)7-19(18)24/h2-5,7,9-10,21-22,25H,6,8,11-12H2,1H3,(H,26,27). The van der Waals surface area contributed by atoms with Crippen LogP contribution in [0.5, 0.6) is 0 Å². The summed E-state index contributed by atoms with van der Waals surface area (Å²) in [6.07, 6.45) is 2.97. The van der Waals surface area contributed by atoms with Gasteiger partial charge in [0.1, 0.15) is 18.5 Å². The molecule has 9 heteroatoms. The van der Waals surface area contributed by atoms with E-state index in [2.05, 4.69) is 20.7 Å². The van der Waals surface area contributed by atoms with E-state index < -0.39 is 18.0 Å². The summed E-state index contributed by atoms with van der Waals surface area (Å²) in [5.41, 5.74) is 5.91. The van der Waals surface area contributed by atoms with Gasteiger partial charge in [-0.15, -0.1) is 0 Å². The number of H-pyrrole nitrogens is 1. The molecule has 0 radical (unpaired) electrons. The number of carbonyl (C=O) groups excluding carboxylic acids is 1. The monoisotopic (exact) mass is 435 g/mol. The SMILES string of the molecule is Cc1cc(-c2cc3c(cc2F)N2C(=O)OC(CN=O)C2C3)ccc1CNCc1cn[nH]c1. The van der Waals surface area contributed by atoms with Crippen LogP contribution in [-0.2, 0) is 24.2 Å². The Morgan fingerprint density at radius 1 is 1.31 bits per heavy atom. The molecule has 2 aliphatic rings. The summed E-state index contributed by atoms with van der Waals surface area (Å²) in [4.78, 5) is 24.4. The smallest absolute Gasteiger partial charge is 0.415 e. The number of benzene rings is 2. The van der Waals surface area contributed by atoms with E-state index in [9.17, 15) is 9.70 Å². The number of aromatic nitrogens is 2. The fourth-order valence-electron chi connectivity index (χ4n) is 4.52. The highest BCUT2D eigenvalue weighted by Gasteiger charge is 2.48. The lowest BCUT2D eigenvalue weighted by atomic mass is 9.96. The molecule has 2 unspecified atom stereocenters. The lowest BCUT2D eigenvalue weighted by Gasteiger charge is -2.15. The van der Waals surface area contributed by atoms with Gasteiger partial charge in [-0.2, -0.15) is 10.0 Å². The Labute approximate surface area is 183 Å². The molecule has 1 fully saturated rings. The highest BCUT2D eigenvalue weighted by molar-refractivity contribution is 5.94. The third-order valence-corrected chi connectivity index (χ3v) is 6.17. The lowest BCUT2D eigenvalue weighted by molar-refractivity contribution is 0.135. The van der Waals surface area contributed by atoms with Crippen molar-refractivity contribution in [3.05, 3.63) is 75.7 Å². The molecule has 8 nitrogen and oxygen atoms in total. The zero-order valence-corrected chi connectivity index (χ0v) is 17.5. The second-order valence-corrected chi connectivity index (χ2v) is 8.19. The van der Waals surface area contributed by atoms with Crippen molar-refractivity contribution in [3.63, 3.8) is 0 Å². The molecule has 3 aromatic rings. The van der Waals surface area contributed by atoms with Crippen LogP contribution < -0.4 is 10.2 Å². The van der Waals surface area contributed by atoms with Crippen LogP contribution in [0.1, 0.15) is 22.3 Å². The average Bonchev–Trinajstić information content (AvgIpc) is 3.47. The first-order valence-electron chi connectivity index (χ1n) is 10.4. The fourth-order valence-corrected chi connectivity index (χ4v) is 4.52. The van der Waals surface area contributed by atoms with Crippen molar-refractivity contribution in [2.45, 2.75) is 38.6 Å². The van der Waals surface area contributed by atoms with Gasteiger partial charge in [-0.25, -0.2) is 9.18 Å². The Kier molecular flexibility index (Phi) is 5.18. The van der Waals surface area contributed by atoms with Crippen molar-refractivity contribution < 1.29 is 13.9 Å². The number of carbonyl (C=O) groups is 1. The maximum absolute atomic E-state index is 15.1. The summed E-state index contributed by atoms with van der Waals surface area (Å²) < 4.78 is 20.3. The van der Waals surface area contributed by atoms with Gasteiger partial charge < -0.3 is 10.1 Å². The van der Waals surface area contributed by atoms with Crippen LogP contribution in [0.2, 0.25) is 0 Å². The van der Waals surface area contributed by atoms with Crippen LogP contribution in [0.25, 0.3) is 11.1 Å². The molecule has 2 aromatic carbocycles. The van der Waals surface area contributed by atoms with Gasteiger partial charge in [-0.1, -0.05) is 23.4 Å². The first kappa shape index (κ1) is 20.3. The molecule has 164 valence electrons. The first-order chi connectivity index (χ1) is 15.5. The molecule has 0 aliphatic carbocycles. The molecule has 2 atom stereocenters. The molecule has 0 saturated carbocycles. The Morgan fingerprint density at radius 3 is 2.94 bits per heavy atom. The van der Waals surface area contributed by atoms with Crippen LogP contribution in [0.3, 0.4) is 0 Å². The number of aromatic amines is 1. The minimum atomic E-state index is -0.602. The van der Waals surface area contributed by atoms with E-state index in [1.165, 1.54) is 11.0 Å². The van der Waals surface area contributed by atoms with Gasteiger partial charge in [0.15, 0.2) is 0 Å².